The molecule has 0 fully saturated rings. The Kier molecular flexibility index (Phi) is 6.46. The molecule has 23 heavy (non-hydrogen) atoms. The van der Waals surface area contributed by atoms with E-state index in [1.165, 1.54) is 13.0 Å². The van der Waals surface area contributed by atoms with Gasteiger partial charge in [0.15, 0.2) is 0 Å². The minimum atomic E-state index is -4.56. The van der Waals surface area contributed by atoms with Gasteiger partial charge in [-0.2, -0.15) is 18.4 Å². The molecule has 0 amide bonds. The fraction of sp³-hybridized carbons (Fsp3) is 0.333. The summed E-state index contributed by atoms with van der Waals surface area (Å²) in [4.78, 5) is 11.3. The van der Waals surface area contributed by atoms with Crippen LogP contribution in [0.2, 0.25) is 5.02 Å². The molecular formula is C15H14ClF3N2O2. The number of nitrogens with two attached hydrogens (primary N) is 1. The van der Waals surface area contributed by atoms with E-state index < -0.39 is 28.6 Å². The van der Waals surface area contributed by atoms with Crippen LogP contribution in [0.25, 0.3) is 0 Å². The van der Waals surface area contributed by atoms with Gasteiger partial charge in [-0.05, 0) is 24.6 Å². The standard InChI is InChI=1S/C15H14ClF3N2O2/c1-9(21)6-14(22)23-5-4-11(8-20)10-2-3-12(13(16)7-10)15(17,18)19/h2-3,6-7,11H,4-5,21H2,1H3/b9-6+. The predicted octanol–water partition coefficient (Wildman–Crippen LogP) is 3.76. The third-order valence-corrected chi connectivity index (χ3v) is 3.17. The molecule has 4 nitrogen and oxygen atoms in total. The molecule has 0 saturated heterocycles. The number of nitrogens with zero attached hydrogens (tertiary/aromatic N) is 1. The highest BCUT2D eigenvalue weighted by Crippen LogP contribution is 2.36. The fourth-order valence-corrected chi connectivity index (χ4v) is 2.08. The molecule has 0 aliphatic rings. The highest BCUT2D eigenvalue weighted by molar-refractivity contribution is 6.31. The number of hydrogen-bond donors (Lipinski definition) is 1. The van der Waals surface area contributed by atoms with Gasteiger partial charge in [-0.1, -0.05) is 17.7 Å². The second-order valence-electron chi connectivity index (χ2n) is 4.76. The van der Waals surface area contributed by atoms with Crippen molar-refractivity contribution in [3.63, 3.8) is 0 Å². The van der Waals surface area contributed by atoms with Crippen molar-refractivity contribution in [3.8, 4) is 6.07 Å². The van der Waals surface area contributed by atoms with Crippen LogP contribution in [-0.4, -0.2) is 12.6 Å². The number of allylic oxidation sites excluding steroid dienone is 1. The van der Waals surface area contributed by atoms with E-state index in [9.17, 15) is 18.0 Å². The monoisotopic (exact) mass is 346 g/mol. The Hall–Kier alpha value is -2.20. The first-order valence-corrected chi connectivity index (χ1v) is 6.89. The van der Waals surface area contributed by atoms with Crippen LogP contribution in [0, 0.1) is 11.3 Å². The lowest BCUT2D eigenvalue weighted by Gasteiger charge is -2.13. The molecule has 1 rings (SSSR count). The van der Waals surface area contributed by atoms with Gasteiger partial charge in [0, 0.05) is 18.2 Å². The van der Waals surface area contributed by atoms with Crippen LogP contribution in [0.5, 0.6) is 0 Å². The van der Waals surface area contributed by atoms with Gasteiger partial charge in [0.25, 0.3) is 0 Å². The Morgan fingerprint density at radius 1 is 1.52 bits per heavy atom. The van der Waals surface area contributed by atoms with Crippen LogP contribution < -0.4 is 5.73 Å². The molecule has 0 aromatic heterocycles. The van der Waals surface area contributed by atoms with E-state index >= 15 is 0 Å². The van der Waals surface area contributed by atoms with E-state index in [2.05, 4.69) is 0 Å². The Balaban J connectivity index is 2.76. The van der Waals surface area contributed by atoms with Crippen molar-refractivity contribution in [2.75, 3.05) is 6.61 Å². The van der Waals surface area contributed by atoms with Gasteiger partial charge in [0.2, 0.25) is 0 Å². The molecule has 1 aromatic rings. The Labute approximate surface area is 136 Å². The van der Waals surface area contributed by atoms with Crippen molar-refractivity contribution < 1.29 is 22.7 Å². The third-order valence-electron chi connectivity index (χ3n) is 2.85. The lowest BCUT2D eigenvalue weighted by Crippen LogP contribution is -2.09. The number of esters is 1. The number of benzene rings is 1. The molecule has 1 aromatic carbocycles. The Morgan fingerprint density at radius 3 is 2.65 bits per heavy atom. The largest absolute Gasteiger partial charge is 0.462 e. The smallest absolute Gasteiger partial charge is 0.417 e. The molecule has 0 radical (unpaired) electrons. The number of carbonyl (C=O) groups excluding carboxylic acids is 1. The SMILES string of the molecule is C/C(N)=C\C(=O)OCCC(C#N)c1ccc(C(F)(F)F)c(Cl)c1. The fourth-order valence-electron chi connectivity index (χ4n) is 1.79. The van der Waals surface area contributed by atoms with Crippen molar-refractivity contribution in [1.82, 2.24) is 0 Å². The first-order valence-electron chi connectivity index (χ1n) is 6.52. The van der Waals surface area contributed by atoms with Gasteiger partial charge in [0.1, 0.15) is 0 Å². The highest BCUT2D eigenvalue weighted by atomic mass is 35.5. The van der Waals surface area contributed by atoms with E-state index in [1.54, 1.807) is 0 Å². The molecule has 1 atom stereocenters. The number of ether oxygens (including phenoxy) is 1. The first-order chi connectivity index (χ1) is 10.6. The van der Waals surface area contributed by atoms with Crippen molar-refractivity contribution in [3.05, 3.63) is 46.1 Å². The van der Waals surface area contributed by atoms with E-state index in [4.69, 9.17) is 27.3 Å². The number of nitriles is 1. The normalized spacial score (nSPS) is 13.3. The maximum absolute atomic E-state index is 12.6. The number of alkyl halides is 3. The van der Waals surface area contributed by atoms with Gasteiger partial charge in [0.05, 0.1) is 29.2 Å². The molecule has 0 aliphatic carbocycles. The quantitative estimate of drug-likeness (QED) is 0.650. The first kappa shape index (κ1) is 18.8. The van der Waals surface area contributed by atoms with Crippen molar-refractivity contribution in [1.29, 1.82) is 5.26 Å². The maximum Gasteiger partial charge on any atom is 0.417 e. The van der Waals surface area contributed by atoms with Crippen LogP contribution in [0.3, 0.4) is 0 Å². The topological polar surface area (TPSA) is 76.1 Å². The molecule has 8 heteroatoms. The second-order valence-corrected chi connectivity index (χ2v) is 5.17. The molecule has 0 heterocycles. The van der Waals surface area contributed by atoms with Gasteiger partial charge in [-0.15, -0.1) is 0 Å². The summed E-state index contributed by atoms with van der Waals surface area (Å²) >= 11 is 5.62. The van der Waals surface area contributed by atoms with Crippen LogP contribution in [0.4, 0.5) is 13.2 Å². The van der Waals surface area contributed by atoms with E-state index in [0.29, 0.717) is 5.56 Å². The zero-order chi connectivity index (χ0) is 17.6. The molecule has 0 aliphatic heterocycles. The predicted molar refractivity (Wildman–Crippen MR) is 78.3 cm³/mol. The summed E-state index contributed by atoms with van der Waals surface area (Å²) < 4.78 is 42.8. The highest BCUT2D eigenvalue weighted by Gasteiger charge is 2.33. The van der Waals surface area contributed by atoms with Crippen LogP contribution in [0.1, 0.15) is 30.4 Å². The van der Waals surface area contributed by atoms with E-state index in [1.807, 2.05) is 6.07 Å². The van der Waals surface area contributed by atoms with E-state index in [-0.39, 0.29) is 18.7 Å². The van der Waals surface area contributed by atoms with Crippen molar-refractivity contribution in [2.24, 2.45) is 5.73 Å². The van der Waals surface area contributed by atoms with Gasteiger partial charge >= 0.3 is 12.1 Å². The summed E-state index contributed by atoms with van der Waals surface area (Å²) in [6, 6.07) is 5.06. The molecular weight excluding hydrogens is 333 g/mol. The number of hydrogen-bond acceptors (Lipinski definition) is 4. The summed E-state index contributed by atoms with van der Waals surface area (Å²) in [5, 5.41) is 8.64. The lowest BCUT2D eigenvalue weighted by atomic mass is 9.96. The number of halogens is 4. The zero-order valence-electron chi connectivity index (χ0n) is 12.2. The zero-order valence-corrected chi connectivity index (χ0v) is 12.9. The maximum atomic E-state index is 12.6. The average Bonchev–Trinajstić information content (AvgIpc) is 2.41. The minimum absolute atomic E-state index is 0.0700. The summed E-state index contributed by atoms with van der Waals surface area (Å²) in [6.45, 7) is 1.45. The third kappa shape index (κ3) is 5.83. The van der Waals surface area contributed by atoms with Crippen LogP contribution in [0.15, 0.2) is 30.0 Å². The lowest BCUT2D eigenvalue weighted by molar-refractivity contribution is -0.138. The molecule has 124 valence electrons. The molecule has 1 unspecified atom stereocenters. The molecule has 0 saturated carbocycles. The molecule has 2 N–H and O–H groups in total. The van der Waals surface area contributed by atoms with Gasteiger partial charge in [-0.25, -0.2) is 4.79 Å². The summed E-state index contributed by atoms with van der Waals surface area (Å²) in [6.07, 6.45) is -3.34. The molecule has 0 bridgehead atoms. The summed E-state index contributed by atoms with van der Waals surface area (Å²) in [5.74, 6) is -1.39. The van der Waals surface area contributed by atoms with Crippen LogP contribution in [-0.2, 0) is 15.7 Å². The number of carbonyl (C=O) groups is 1. The summed E-state index contributed by atoms with van der Waals surface area (Å²) in [7, 11) is 0. The number of rotatable bonds is 5. The Morgan fingerprint density at radius 2 is 2.17 bits per heavy atom. The minimum Gasteiger partial charge on any atom is -0.462 e. The van der Waals surface area contributed by atoms with Gasteiger partial charge in [-0.3, -0.25) is 0 Å². The Bertz CT molecular complexity index is 647. The summed E-state index contributed by atoms with van der Waals surface area (Å²) in [5.41, 5.74) is 4.95. The second kappa shape index (κ2) is 7.88. The van der Waals surface area contributed by atoms with Gasteiger partial charge < -0.3 is 10.5 Å². The van der Waals surface area contributed by atoms with Crippen molar-refractivity contribution >= 4 is 17.6 Å². The van der Waals surface area contributed by atoms with Crippen molar-refractivity contribution in [2.45, 2.75) is 25.4 Å². The molecule has 0 spiro atoms. The van der Waals surface area contributed by atoms with Crippen LogP contribution >= 0.6 is 11.6 Å². The average molecular weight is 347 g/mol. The van der Waals surface area contributed by atoms with E-state index in [0.717, 1.165) is 18.2 Å².